The lowest BCUT2D eigenvalue weighted by molar-refractivity contribution is -0.196. The Labute approximate surface area is 117 Å². The first kappa shape index (κ1) is 16.6. The van der Waals surface area contributed by atoms with E-state index >= 15 is 0 Å². The molecule has 12 heteroatoms. The van der Waals surface area contributed by atoms with Crippen molar-refractivity contribution in [3.8, 4) is 0 Å². The topological polar surface area (TPSA) is 105 Å². The monoisotopic (exact) mass is 332 g/mol. The van der Waals surface area contributed by atoms with Crippen molar-refractivity contribution in [2.45, 2.75) is 30.3 Å². The van der Waals surface area contributed by atoms with Crippen LogP contribution in [0.4, 0.5) is 22.0 Å². The minimum absolute atomic E-state index is 0.0331. The van der Waals surface area contributed by atoms with Gasteiger partial charge in [0.1, 0.15) is 0 Å². The standard InChI is InChI=1S/C10H9F5N2O5/c11-3-1-17(8(21)16-4(3)19)7-10(14,15)5(20)9(2-18,22-7)6(12)13/h1,5-7,18,20H,2H2,(H,16,19,21)/t5?,7-,9-/m0/s1. The largest absolute Gasteiger partial charge is 0.393 e. The molecule has 1 fully saturated rings. The third-order valence-electron chi connectivity index (χ3n) is 3.28. The van der Waals surface area contributed by atoms with Crippen molar-refractivity contribution in [3.05, 3.63) is 32.9 Å². The number of rotatable bonds is 3. The Kier molecular flexibility index (Phi) is 3.87. The summed E-state index contributed by atoms with van der Waals surface area (Å²) in [5.41, 5.74) is -6.43. The second kappa shape index (κ2) is 5.14. The predicted octanol–water partition coefficient (Wildman–Crippen LogP) is -0.803. The second-order valence-electron chi connectivity index (χ2n) is 4.60. The van der Waals surface area contributed by atoms with Gasteiger partial charge in [-0.1, -0.05) is 0 Å². The fourth-order valence-electron chi connectivity index (χ4n) is 2.05. The molecule has 0 aliphatic carbocycles. The Morgan fingerprint density at radius 1 is 1.41 bits per heavy atom. The molecule has 0 amide bonds. The average Bonchev–Trinajstić information content (AvgIpc) is 2.63. The van der Waals surface area contributed by atoms with Crippen LogP contribution in [0.3, 0.4) is 0 Å². The van der Waals surface area contributed by atoms with Crippen LogP contribution < -0.4 is 11.2 Å². The van der Waals surface area contributed by atoms with Crippen molar-refractivity contribution in [2.24, 2.45) is 0 Å². The molecule has 0 bridgehead atoms. The number of alkyl halides is 4. The van der Waals surface area contributed by atoms with Gasteiger partial charge in [-0.05, 0) is 0 Å². The quantitative estimate of drug-likeness (QED) is 0.629. The maximum absolute atomic E-state index is 13.9. The average molecular weight is 332 g/mol. The van der Waals surface area contributed by atoms with Crippen LogP contribution >= 0.6 is 0 Å². The number of aromatic amines is 1. The molecule has 0 spiro atoms. The van der Waals surface area contributed by atoms with Crippen LogP contribution in [-0.4, -0.2) is 50.4 Å². The zero-order valence-electron chi connectivity index (χ0n) is 10.5. The smallest absolute Gasteiger partial charge is 0.330 e. The Balaban J connectivity index is 2.60. The molecule has 0 aromatic carbocycles. The summed E-state index contributed by atoms with van der Waals surface area (Å²) in [4.78, 5) is 23.6. The first-order chi connectivity index (χ1) is 10.1. The second-order valence-corrected chi connectivity index (χ2v) is 4.60. The Bertz CT molecular complexity index is 689. The predicted molar refractivity (Wildman–Crippen MR) is 58.2 cm³/mol. The van der Waals surface area contributed by atoms with Gasteiger partial charge < -0.3 is 14.9 Å². The number of halogens is 5. The summed E-state index contributed by atoms with van der Waals surface area (Å²) >= 11 is 0. The summed E-state index contributed by atoms with van der Waals surface area (Å²) < 4.78 is 71.0. The van der Waals surface area contributed by atoms with E-state index in [4.69, 9.17) is 5.11 Å². The highest BCUT2D eigenvalue weighted by molar-refractivity contribution is 5.07. The zero-order valence-corrected chi connectivity index (χ0v) is 10.5. The number of aliphatic hydroxyl groups is 2. The molecule has 3 atom stereocenters. The molecule has 1 aromatic rings. The van der Waals surface area contributed by atoms with Crippen molar-refractivity contribution in [1.82, 2.24) is 9.55 Å². The lowest BCUT2D eigenvalue weighted by Crippen LogP contribution is -2.53. The van der Waals surface area contributed by atoms with Gasteiger partial charge in [0.05, 0.1) is 12.8 Å². The first-order valence-electron chi connectivity index (χ1n) is 5.71. The van der Waals surface area contributed by atoms with Crippen LogP contribution in [0, 0.1) is 5.82 Å². The fourth-order valence-corrected chi connectivity index (χ4v) is 2.05. The Morgan fingerprint density at radius 2 is 2.00 bits per heavy atom. The van der Waals surface area contributed by atoms with Gasteiger partial charge in [0.15, 0.2) is 11.7 Å². The molecule has 7 nitrogen and oxygen atoms in total. The van der Waals surface area contributed by atoms with Crippen molar-refractivity contribution >= 4 is 0 Å². The van der Waals surface area contributed by atoms with Crippen LogP contribution in [-0.2, 0) is 4.74 Å². The molecule has 22 heavy (non-hydrogen) atoms. The van der Waals surface area contributed by atoms with Gasteiger partial charge in [-0.2, -0.15) is 13.2 Å². The third-order valence-corrected chi connectivity index (χ3v) is 3.28. The van der Waals surface area contributed by atoms with Crippen LogP contribution in [0.25, 0.3) is 0 Å². The van der Waals surface area contributed by atoms with E-state index < -0.39 is 54.0 Å². The summed E-state index contributed by atoms with van der Waals surface area (Å²) in [5.74, 6) is -6.11. The highest BCUT2D eigenvalue weighted by Gasteiger charge is 2.70. The summed E-state index contributed by atoms with van der Waals surface area (Å²) in [6, 6.07) is 0. The van der Waals surface area contributed by atoms with Crippen LogP contribution in [0.2, 0.25) is 0 Å². The van der Waals surface area contributed by atoms with E-state index in [1.54, 1.807) is 0 Å². The molecule has 2 rings (SSSR count). The minimum atomic E-state index is -4.46. The van der Waals surface area contributed by atoms with Gasteiger partial charge in [-0.3, -0.25) is 14.3 Å². The number of ether oxygens (including phenoxy) is 1. The van der Waals surface area contributed by atoms with Gasteiger partial charge >= 0.3 is 11.6 Å². The summed E-state index contributed by atoms with van der Waals surface area (Å²) in [6.07, 6.45) is -9.71. The normalized spacial score (nSPS) is 30.9. The zero-order chi connectivity index (χ0) is 16.9. The molecule has 3 N–H and O–H groups in total. The van der Waals surface area contributed by atoms with Crippen LogP contribution in [0.1, 0.15) is 6.23 Å². The summed E-state index contributed by atoms with van der Waals surface area (Å²) in [5, 5.41) is 18.3. The number of aromatic nitrogens is 2. The van der Waals surface area contributed by atoms with E-state index in [1.165, 1.54) is 4.98 Å². The van der Waals surface area contributed by atoms with Crippen molar-refractivity contribution in [2.75, 3.05) is 6.61 Å². The molecule has 0 saturated carbocycles. The lowest BCUT2D eigenvalue weighted by atomic mass is 9.96. The number of hydrogen-bond acceptors (Lipinski definition) is 5. The fraction of sp³-hybridized carbons (Fsp3) is 0.600. The Hall–Kier alpha value is -1.79. The van der Waals surface area contributed by atoms with Crippen molar-refractivity contribution in [3.63, 3.8) is 0 Å². The van der Waals surface area contributed by atoms with Crippen molar-refractivity contribution < 1.29 is 36.9 Å². The maximum atomic E-state index is 13.9. The number of aliphatic hydroxyl groups excluding tert-OH is 2. The van der Waals surface area contributed by atoms with E-state index in [-0.39, 0.29) is 10.8 Å². The summed E-state index contributed by atoms with van der Waals surface area (Å²) in [6.45, 7) is -1.68. The highest BCUT2D eigenvalue weighted by atomic mass is 19.3. The van der Waals surface area contributed by atoms with Crippen LogP contribution in [0.5, 0.6) is 0 Å². The molecule has 1 aliphatic rings. The molecule has 1 aliphatic heterocycles. The number of nitrogens with one attached hydrogen (secondary N) is 1. The lowest BCUT2D eigenvalue weighted by Gasteiger charge is -2.28. The number of nitrogens with zero attached hydrogens (tertiary/aromatic N) is 1. The van der Waals surface area contributed by atoms with Gasteiger partial charge in [-0.15, -0.1) is 0 Å². The number of hydrogen-bond donors (Lipinski definition) is 3. The SMILES string of the molecule is O=c1[nH]c(=O)n([C@H]2O[C@](CO)(C(F)F)C(O)C2(F)F)cc1F. The molecule has 2 heterocycles. The van der Waals surface area contributed by atoms with Crippen LogP contribution in [0.15, 0.2) is 15.8 Å². The minimum Gasteiger partial charge on any atom is -0.393 e. The highest BCUT2D eigenvalue weighted by Crippen LogP contribution is 2.49. The van der Waals surface area contributed by atoms with E-state index in [0.717, 1.165) is 0 Å². The van der Waals surface area contributed by atoms with Gasteiger partial charge in [0, 0.05) is 0 Å². The molecule has 0 radical (unpaired) electrons. The third kappa shape index (κ3) is 2.14. The van der Waals surface area contributed by atoms with E-state index in [0.29, 0.717) is 0 Å². The molecule has 1 saturated heterocycles. The molecule has 124 valence electrons. The van der Waals surface area contributed by atoms with Gasteiger partial charge in [-0.25, -0.2) is 13.6 Å². The van der Waals surface area contributed by atoms with E-state index in [9.17, 15) is 36.6 Å². The van der Waals surface area contributed by atoms with Gasteiger partial charge in [0.25, 0.3) is 12.0 Å². The van der Waals surface area contributed by atoms with Crippen molar-refractivity contribution in [1.29, 1.82) is 0 Å². The first-order valence-corrected chi connectivity index (χ1v) is 5.71. The van der Waals surface area contributed by atoms with E-state index in [1.807, 2.05) is 0 Å². The Morgan fingerprint density at radius 3 is 2.45 bits per heavy atom. The molecular weight excluding hydrogens is 323 g/mol. The maximum Gasteiger partial charge on any atom is 0.330 e. The number of H-pyrrole nitrogens is 1. The molecule has 1 aromatic heterocycles. The molecular formula is C10H9F5N2O5. The molecule has 1 unspecified atom stereocenters. The van der Waals surface area contributed by atoms with E-state index in [2.05, 4.69) is 4.74 Å². The summed E-state index contributed by atoms with van der Waals surface area (Å²) in [7, 11) is 0. The van der Waals surface area contributed by atoms with Gasteiger partial charge in [0.2, 0.25) is 12.0 Å².